The van der Waals surface area contributed by atoms with Gasteiger partial charge in [-0.25, -0.2) is 13.4 Å². The molecule has 0 spiro atoms. The third-order valence-corrected chi connectivity index (χ3v) is 7.52. The molecular formula is C22H25N5O4S. The van der Waals surface area contributed by atoms with Gasteiger partial charge in [-0.15, -0.1) is 0 Å². The summed E-state index contributed by atoms with van der Waals surface area (Å²) in [6.07, 6.45) is 1.19. The first-order chi connectivity index (χ1) is 15.4. The zero-order valence-corrected chi connectivity index (χ0v) is 18.6. The largest absolute Gasteiger partial charge is 0.325 e. The van der Waals surface area contributed by atoms with Gasteiger partial charge in [-0.1, -0.05) is 19.1 Å². The maximum atomic E-state index is 12.9. The second-order valence-electron chi connectivity index (χ2n) is 7.58. The first-order valence-corrected chi connectivity index (χ1v) is 11.9. The summed E-state index contributed by atoms with van der Waals surface area (Å²) in [5.74, 6) is -0.394. The summed E-state index contributed by atoms with van der Waals surface area (Å²) in [6.45, 7) is 5.14. The Kier molecular flexibility index (Phi) is 6.35. The molecule has 0 unspecified atom stereocenters. The quantitative estimate of drug-likeness (QED) is 0.602. The second kappa shape index (κ2) is 9.19. The van der Waals surface area contributed by atoms with Gasteiger partial charge in [0.1, 0.15) is 6.54 Å². The second-order valence-corrected chi connectivity index (χ2v) is 9.52. The fraction of sp³-hybridized carbons (Fsp3) is 0.318. The minimum Gasteiger partial charge on any atom is -0.325 e. The monoisotopic (exact) mass is 455 g/mol. The third-order valence-electron chi connectivity index (χ3n) is 5.61. The van der Waals surface area contributed by atoms with Crippen molar-refractivity contribution in [1.82, 2.24) is 18.8 Å². The molecule has 2 aromatic carbocycles. The predicted octanol–water partition coefficient (Wildman–Crippen LogP) is 1.36. The Balaban J connectivity index is 1.45. The number of fused-ring (bicyclic) bond motifs is 1. The van der Waals surface area contributed by atoms with Crippen LogP contribution in [0.1, 0.15) is 6.92 Å². The van der Waals surface area contributed by atoms with E-state index in [4.69, 9.17) is 0 Å². The van der Waals surface area contributed by atoms with Gasteiger partial charge >= 0.3 is 0 Å². The van der Waals surface area contributed by atoms with Gasteiger partial charge in [0, 0.05) is 31.9 Å². The van der Waals surface area contributed by atoms with E-state index in [2.05, 4.69) is 22.1 Å². The van der Waals surface area contributed by atoms with E-state index in [9.17, 15) is 18.0 Å². The highest BCUT2D eigenvalue weighted by Crippen LogP contribution is 2.20. The van der Waals surface area contributed by atoms with Crippen LogP contribution in [-0.4, -0.2) is 65.8 Å². The fourth-order valence-electron chi connectivity index (χ4n) is 3.77. The van der Waals surface area contributed by atoms with Gasteiger partial charge in [0.25, 0.3) is 5.56 Å². The molecule has 0 atom stereocenters. The number of anilines is 1. The summed E-state index contributed by atoms with van der Waals surface area (Å²) in [5, 5.41) is 2.72. The smallest absolute Gasteiger partial charge is 0.269 e. The van der Waals surface area contributed by atoms with Crippen molar-refractivity contribution in [2.24, 2.45) is 0 Å². The highest BCUT2D eigenvalue weighted by molar-refractivity contribution is 7.89. The number of hydrogen-bond acceptors (Lipinski definition) is 6. The van der Waals surface area contributed by atoms with Crippen LogP contribution < -0.4 is 10.9 Å². The number of para-hydroxylation sites is 2. The number of carbonyl (C=O) groups is 1. The van der Waals surface area contributed by atoms with Crippen molar-refractivity contribution in [3.63, 3.8) is 0 Å². The number of benzene rings is 2. The number of nitrogens with zero attached hydrogens (tertiary/aromatic N) is 4. The molecule has 1 aromatic heterocycles. The lowest BCUT2D eigenvalue weighted by Gasteiger charge is -2.33. The Hall–Kier alpha value is -3.08. The van der Waals surface area contributed by atoms with Crippen LogP contribution in [0.5, 0.6) is 0 Å². The van der Waals surface area contributed by atoms with Gasteiger partial charge in [-0.3, -0.25) is 14.2 Å². The maximum Gasteiger partial charge on any atom is 0.269 e. The predicted molar refractivity (Wildman–Crippen MR) is 122 cm³/mol. The number of carbonyl (C=O) groups excluding carboxylic acids is 1. The molecule has 0 aliphatic carbocycles. The normalized spacial score (nSPS) is 15.7. The van der Waals surface area contributed by atoms with Crippen molar-refractivity contribution >= 4 is 32.7 Å². The molecule has 0 saturated carbocycles. The lowest BCUT2D eigenvalue weighted by atomic mass is 10.3. The van der Waals surface area contributed by atoms with E-state index in [1.165, 1.54) is 27.2 Å². The van der Waals surface area contributed by atoms with Crippen molar-refractivity contribution in [2.45, 2.75) is 18.4 Å². The summed E-state index contributed by atoms with van der Waals surface area (Å²) in [5.41, 5.74) is 1.27. The summed E-state index contributed by atoms with van der Waals surface area (Å²) in [6, 6.07) is 13.2. The van der Waals surface area contributed by atoms with Gasteiger partial charge in [0.15, 0.2) is 0 Å². The molecule has 3 aromatic rings. The lowest BCUT2D eigenvalue weighted by Crippen LogP contribution is -2.48. The van der Waals surface area contributed by atoms with Crippen LogP contribution in [0.15, 0.2) is 64.4 Å². The van der Waals surface area contributed by atoms with Gasteiger partial charge in [0.2, 0.25) is 15.9 Å². The Labute approximate surface area is 186 Å². The Morgan fingerprint density at radius 3 is 2.41 bits per heavy atom. The van der Waals surface area contributed by atoms with Crippen LogP contribution >= 0.6 is 0 Å². The highest BCUT2D eigenvalue weighted by Gasteiger charge is 2.27. The first kappa shape index (κ1) is 22.1. The molecule has 2 heterocycles. The summed E-state index contributed by atoms with van der Waals surface area (Å²) < 4.78 is 28.6. The summed E-state index contributed by atoms with van der Waals surface area (Å²) >= 11 is 0. The van der Waals surface area contributed by atoms with Crippen LogP contribution in [0.3, 0.4) is 0 Å². The van der Waals surface area contributed by atoms with Crippen molar-refractivity contribution in [3.8, 4) is 0 Å². The topological polar surface area (TPSA) is 105 Å². The highest BCUT2D eigenvalue weighted by atomic mass is 32.2. The number of nitrogens with one attached hydrogen (secondary N) is 1. The molecule has 1 aliphatic heterocycles. The molecule has 168 valence electrons. The van der Waals surface area contributed by atoms with E-state index >= 15 is 0 Å². The number of likely N-dealkylation sites (N-methyl/N-ethyl adjacent to an activating group) is 1. The molecular weight excluding hydrogens is 430 g/mol. The summed E-state index contributed by atoms with van der Waals surface area (Å²) in [7, 11) is -3.58. The van der Waals surface area contributed by atoms with E-state index in [0.717, 1.165) is 6.54 Å². The standard InChI is InChI=1S/C22H25N5O4S/c1-2-25-11-13-26(14-12-25)32(30,31)18-9-7-17(8-10-18)24-21(28)16-27-20-6-4-3-5-19(20)23-15-22(27)29/h3-10,15H,2,11-14,16H2,1H3,(H,24,28). The summed E-state index contributed by atoms with van der Waals surface area (Å²) in [4.78, 5) is 31.2. The number of sulfonamides is 1. The Morgan fingerprint density at radius 1 is 1.03 bits per heavy atom. The van der Waals surface area contributed by atoms with Gasteiger partial charge in [-0.05, 0) is 42.9 Å². The van der Waals surface area contributed by atoms with Gasteiger partial charge in [-0.2, -0.15) is 4.31 Å². The minimum absolute atomic E-state index is 0.177. The zero-order chi connectivity index (χ0) is 22.7. The zero-order valence-electron chi connectivity index (χ0n) is 17.8. The Morgan fingerprint density at radius 2 is 1.72 bits per heavy atom. The average molecular weight is 456 g/mol. The molecule has 10 heteroatoms. The molecule has 1 fully saturated rings. The number of hydrogen-bond donors (Lipinski definition) is 1. The molecule has 1 aliphatic rings. The van der Waals surface area contributed by atoms with Crippen LogP contribution in [0, 0.1) is 0 Å². The van der Waals surface area contributed by atoms with Crippen molar-refractivity contribution in [3.05, 3.63) is 65.1 Å². The van der Waals surface area contributed by atoms with Crippen LogP contribution in [0.4, 0.5) is 5.69 Å². The SMILES string of the molecule is CCN1CCN(S(=O)(=O)c2ccc(NC(=O)Cn3c(=O)cnc4ccccc43)cc2)CC1. The van der Waals surface area contributed by atoms with E-state index in [1.54, 1.807) is 30.3 Å². The molecule has 1 saturated heterocycles. The number of rotatable bonds is 6. The number of piperazine rings is 1. The molecule has 1 amide bonds. The maximum absolute atomic E-state index is 12.9. The van der Waals surface area contributed by atoms with Gasteiger partial charge in [0.05, 0.1) is 22.1 Å². The van der Waals surface area contributed by atoms with Crippen molar-refractivity contribution in [1.29, 1.82) is 0 Å². The molecule has 4 rings (SSSR count). The molecule has 0 bridgehead atoms. The average Bonchev–Trinajstić information content (AvgIpc) is 2.81. The molecule has 9 nitrogen and oxygen atoms in total. The van der Waals surface area contributed by atoms with E-state index in [-0.39, 0.29) is 17.0 Å². The van der Waals surface area contributed by atoms with Crippen molar-refractivity contribution in [2.75, 3.05) is 38.0 Å². The van der Waals surface area contributed by atoms with E-state index in [1.807, 2.05) is 6.07 Å². The van der Waals surface area contributed by atoms with E-state index < -0.39 is 15.9 Å². The molecule has 0 radical (unpaired) electrons. The Bertz CT molecular complexity index is 1280. The lowest BCUT2D eigenvalue weighted by molar-refractivity contribution is -0.116. The minimum atomic E-state index is -3.58. The van der Waals surface area contributed by atoms with Crippen LogP contribution in [0.2, 0.25) is 0 Å². The number of aromatic nitrogens is 2. The van der Waals surface area contributed by atoms with Crippen LogP contribution in [-0.2, 0) is 21.4 Å². The molecule has 1 N–H and O–H groups in total. The van der Waals surface area contributed by atoms with E-state index in [0.29, 0.717) is 42.9 Å². The third kappa shape index (κ3) is 4.57. The molecule has 32 heavy (non-hydrogen) atoms. The fourth-order valence-corrected chi connectivity index (χ4v) is 5.19. The number of amides is 1. The van der Waals surface area contributed by atoms with Gasteiger partial charge < -0.3 is 10.2 Å². The van der Waals surface area contributed by atoms with Crippen LogP contribution in [0.25, 0.3) is 11.0 Å². The first-order valence-electron chi connectivity index (χ1n) is 10.5. The van der Waals surface area contributed by atoms with Crippen molar-refractivity contribution < 1.29 is 13.2 Å².